The fourth-order valence-electron chi connectivity index (χ4n) is 4.74. The minimum absolute atomic E-state index is 0.306. The van der Waals surface area contributed by atoms with Crippen LogP contribution in [-0.4, -0.2) is 43.3 Å². The minimum Gasteiger partial charge on any atom is -0.469 e. The molecule has 2 fully saturated rings. The highest BCUT2D eigenvalue weighted by Gasteiger charge is 2.39. The first kappa shape index (κ1) is 15.7. The third-order valence-corrected chi connectivity index (χ3v) is 6.18. The molecule has 3 aliphatic rings. The van der Waals surface area contributed by atoms with Crippen LogP contribution in [0.25, 0.3) is 0 Å². The molecule has 0 saturated carbocycles. The van der Waals surface area contributed by atoms with Crippen LogP contribution in [-0.2, 0) is 11.2 Å². The van der Waals surface area contributed by atoms with Crippen LogP contribution in [0.15, 0.2) is 16.7 Å². The number of hydrogen-bond donors (Lipinski definition) is 1. The lowest BCUT2D eigenvalue weighted by Gasteiger charge is -2.49. The van der Waals surface area contributed by atoms with Gasteiger partial charge in [-0.3, -0.25) is 4.90 Å². The van der Waals surface area contributed by atoms with E-state index < -0.39 is 0 Å². The van der Waals surface area contributed by atoms with Crippen LogP contribution < -0.4 is 5.32 Å². The highest BCUT2D eigenvalue weighted by Crippen LogP contribution is 2.34. The van der Waals surface area contributed by atoms with Crippen LogP contribution in [0.1, 0.15) is 62.3 Å². The SMILES string of the molecule is c1cc2c(o1)CCCC2NCC1(N2CCCCC2)CCOCC1. The average molecular weight is 318 g/mol. The Morgan fingerprint density at radius 3 is 2.78 bits per heavy atom. The number of nitrogens with one attached hydrogen (secondary N) is 1. The fraction of sp³-hybridized carbons (Fsp3) is 0.789. The Balaban J connectivity index is 1.46. The van der Waals surface area contributed by atoms with Crippen LogP contribution in [0.5, 0.6) is 0 Å². The summed E-state index contributed by atoms with van der Waals surface area (Å²) in [6.07, 6.45) is 11.9. The van der Waals surface area contributed by atoms with E-state index in [-0.39, 0.29) is 0 Å². The molecule has 1 unspecified atom stereocenters. The normalized spacial score (nSPS) is 28.4. The van der Waals surface area contributed by atoms with Crippen molar-refractivity contribution in [1.82, 2.24) is 10.2 Å². The van der Waals surface area contributed by atoms with Gasteiger partial charge in [0.15, 0.2) is 0 Å². The van der Waals surface area contributed by atoms with Gasteiger partial charge in [0, 0.05) is 43.3 Å². The molecule has 0 radical (unpaired) electrons. The molecule has 1 aromatic heterocycles. The van der Waals surface area contributed by atoms with E-state index in [1.165, 1.54) is 69.4 Å². The van der Waals surface area contributed by atoms with E-state index in [0.717, 1.165) is 26.2 Å². The highest BCUT2D eigenvalue weighted by atomic mass is 16.5. The Kier molecular flexibility index (Phi) is 4.74. The standard InChI is InChI=1S/C19H30N2O2/c1-2-10-21(11-3-1)19(8-13-22-14-9-19)15-20-17-5-4-6-18-16(17)7-12-23-18/h7,12,17,20H,1-6,8-11,13-15H2. The number of fused-ring (bicyclic) bond motifs is 1. The van der Waals surface area contributed by atoms with Crippen LogP contribution in [0, 0.1) is 0 Å². The molecule has 128 valence electrons. The van der Waals surface area contributed by atoms with Crippen molar-refractivity contribution in [2.24, 2.45) is 0 Å². The molecule has 4 heteroatoms. The Hall–Kier alpha value is -0.840. The van der Waals surface area contributed by atoms with Gasteiger partial charge >= 0.3 is 0 Å². The van der Waals surface area contributed by atoms with E-state index in [1.807, 2.05) is 6.26 Å². The molecule has 1 aromatic rings. The molecule has 3 heterocycles. The molecule has 1 atom stereocenters. The quantitative estimate of drug-likeness (QED) is 0.924. The van der Waals surface area contributed by atoms with Crippen molar-refractivity contribution < 1.29 is 9.15 Å². The summed E-state index contributed by atoms with van der Waals surface area (Å²) in [5.41, 5.74) is 1.71. The van der Waals surface area contributed by atoms with E-state index in [2.05, 4.69) is 16.3 Å². The first-order chi connectivity index (χ1) is 11.4. The molecule has 23 heavy (non-hydrogen) atoms. The van der Waals surface area contributed by atoms with Gasteiger partial charge in [0.2, 0.25) is 0 Å². The Bertz CT molecular complexity index is 501. The molecular formula is C19H30N2O2. The molecule has 0 bridgehead atoms. The van der Waals surface area contributed by atoms with Gasteiger partial charge in [-0.1, -0.05) is 6.42 Å². The Labute approximate surface area is 139 Å². The van der Waals surface area contributed by atoms with E-state index in [9.17, 15) is 0 Å². The van der Waals surface area contributed by atoms with Gasteiger partial charge < -0.3 is 14.5 Å². The van der Waals surface area contributed by atoms with E-state index in [0.29, 0.717) is 11.6 Å². The molecular weight excluding hydrogens is 288 g/mol. The van der Waals surface area contributed by atoms with Crippen molar-refractivity contribution in [3.8, 4) is 0 Å². The van der Waals surface area contributed by atoms with Gasteiger partial charge in [-0.15, -0.1) is 0 Å². The monoisotopic (exact) mass is 318 g/mol. The van der Waals surface area contributed by atoms with Gasteiger partial charge in [0.25, 0.3) is 0 Å². The number of likely N-dealkylation sites (tertiary alicyclic amines) is 1. The highest BCUT2D eigenvalue weighted by molar-refractivity contribution is 5.24. The van der Waals surface area contributed by atoms with Gasteiger partial charge in [-0.05, 0) is 57.7 Å². The summed E-state index contributed by atoms with van der Waals surface area (Å²) in [6.45, 7) is 5.46. The van der Waals surface area contributed by atoms with Gasteiger partial charge in [0.05, 0.1) is 6.26 Å². The maximum atomic E-state index is 5.68. The predicted octanol–water partition coefficient (Wildman–Crippen LogP) is 3.28. The van der Waals surface area contributed by atoms with Gasteiger partial charge in [0.1, 0.15) is 5.76 Å². The van der Waals surface area contributed by atoms with E-state index >= 15 is 0 Å². The fourth-order valence-corrected chi connectivity index (χ4v) is 4.74. The van der Waals surface area contributed by atoms with Gasteiger partial charge in [-0.25, -0.2) is 0 Å². The lowest BCUT2D eigenvalue weighted by atomic mass is 9.85. The van der Waals surface area contributed by atoms with Crippen LogP contribution in [0.4, 0.5) is 0 Å². The molecule has 2 saturated heterocycles. The Morgan fingerprint density at radius 1 is 1.13 bits per heavy atom. The predicted molar refractivity (Wildman–Crippen MR) is 90.6 cm³/mol. The van der Waals surface area contributed by atoms with E-state index in [1.54, 1.807) is 0 Å². The number of hydrogen-bond acceptors (Lipinski definition) is 4. The number of nitrogens with zero attached hydrogens (tertiary/aromatic N) is 1. The molecule has 2 aliphatic heterocycles. The maximum Gasteiger partial charge on any atom is 0.108 e. The molecule has 4 rings (SSSR count). The number of furan rings is 1. The van der Waals surface area contributed by atoms with Crippen molar-refractivity contribution >= 4 is 0 Å². The molecule has 1 aliphatic carbocycles. The Morgan fingerprint density at radius 2 is 1.96 bits per heavy atom. The number of piperidine rings is 1. The topological polar surface area (TPSA) is 37.6 Å². The van der Waals surface area contributed by atoms with Gasteiger partial charge in [-0.2, -0.15) is 0 Å². The number of ether oxygens (including phenoxy) is 1. The second-order valence-corrected chi connectivity index (χ2v) is 7.51. The van der Waals surface area contributed by atoms with Crippen LogP contribution in [0.3, 0.4) is 0 Å². The van der Waals surface area contributed by atoms with Crippen LogP contribution >= 0.6 is 0 Å². The van der Waals surface area contributed by atoms with E-state index in [4.69, 9.17) is 9.15 Å². The zero-order valence-electron chi connectivity index (χ0n) is 14.2. The largest absolute Gasteiger partial charge is 0.469 e. The first-order valence-electron chi connectivity index (χ1n) is 9.50. The zero-order chi connectivity index (χ0) is 15.5. The summed E-state index contributed by atoms with van der Waals surface area (Å²) in [7, 11) is 0. The number of rotatable bonds is 4. The van der Waals surface area contributed by atoms with Crippen molar-refractivity contribution in [3.05, 3.63) is 23.7 Å². The zero-order valence-corrected chi connectivity index (χ0v) is 14.2. The molecule has 0 aromatic carbocycles. The third-order valence-electron chi connectivity index (χ3n) is 6.18. The lowest BCUT2D eigenvalue weighted by Crippen LogP contribution is -2.59. The first-order valence-corrected chi connectivity index (χ1v) is 9.50. The van der Waals surface area contributed by atoms with Crippen molar-refractivity contribution in [3.63, 3.8) is 0 Å². The minimum atomic E-state index is 0.306. The second-order valence-electron chi connectivity index (χ2n) is 7.51. The lowest BCUT2D eigenvalue weighted by molar-refractivity contribution is -0.0370. The molecule has 0 amide bonds. The number of aryl methyl sites for hydroxylation is 1. The van der Waals surface area contributed by atoms with Crippen molar-refractivity contribution in [2.45, 2.75) is 62.9 Å². The summed E-state index contributed by atoms with van der Waals surface area (Å²) < 4.78 is 11.3. The summed E-state index contributed by atoms with van der Waals surface area (Å²) in [5.74, 6) is 1.20. The average Bonchev–Trinajstić information content (AvgIpc) is 3.11. The molecule has 1 N–H and O–H groups in total. The van der Waals surface area contributed by atoms with Crippen LogP contribution in [0.2, 0.25) is 0 Å². The molecule has 4 nitrogen and oxygen atoms in total. The summed E-state index contributed by atoms with van der Waals surface area (Å²) >= 11 is 0. The molecule has 0 spiro atoms. The van der Waals surface area contributed by atoms with Crippen molar-refractivity contribution in [1.29, 1.82) is 0 Å². The van der Waals surface area contributed by atoms with Crippen molar-refractivity contribution in [2.75, 3.05) is 32.8 Å². The maximum absolute atomic E-state index is 5.68. The smallest absolute Gasteiger partial charge is 0.108 e. The third kappa shape index (κ3) is 3.21. The second kappa shape index (κ2) is 6.96. The summed E-state index contributed by atoms with van der Waals surface area (Å²) in [4.78, 5) is 2.77. The summed E-state index contributed by atoms with van der Waals surface area (Å²) in [6, 6.07) is 2.64. The summed E-state index contributed by atoms with van der Waals surface area (Å²) in [5, 5.41) is 3.91.